The van der Waals surface area contributed by atoms with E-state index >= 15 is 0 Å². The molecule has 1 aromatic heterocycles. The molecule has 3 amide bonds. The number of nitrogens with one attached hydrogen (secondary N) is 2. The summed E-state index contributed by atoms with van der Waals surface area (Å²) in [5, 5.41) is 5.26. The number of thiocarbonyl (C=S) groups is 1. The molecule has 3 aromatic rings. The Bertz CT molecular complexity index is 1090. The van der Waals surface area contributed by atoms with Gasteiger partial charge in [-0.15, -0.1) is 0 Å². The van der Waals surface area contributed by atoms with E-state index in [2.05, 4.69) is 10.6 Å². The SMILES string of the molecule is O=C(NC(=S)Nc1cccc2c1C(=O)N(c1ccccc1)C2=O)c1ccco1. The molecule has 8 heteroatoms. The fourth-order valence-electron chi connectivity index (χ4n) is 2.93. The first-order valence-corrected chi connectivity index (χ1v) is 8.70. The number of imide groups is 1. The van der Waals surface area contributed by atoms with Crippen LogP contribution in [0.4, 0.5) is 11.4 Å². The second-order valence-corrected chi connectivity index (χ2v) is 6.30. The Morgan fingerprint density at radius 2 is 1.71 bits per heavy atom. The van der Waals surface area contributed by atoms with Crippen molar-refractivity contribution in [3.63, 3.8) is 0 Å². The zero-order chi connectivity index (χ0) is 19.7. The Balaban J connectivity index is 1.59. The Morgan fingerprint density at radius 1 is 0.929 bits per heavy atom. The van der Waals surface area contributed by atoms with Crippen molar-refractivity contribution < 1.29 is 18.8 Å². The molecule has 1 aliphatic heterocycles. The third kappa shape index (κ3) is 3.06. The lowest BCUT2D eigenvalue weighted by atomic mass is 10.1. The molecule has 138 valence electrons. The second-order valence-electron chi connectivity index (χ2n) is 5.89. The largest absolute Gasteiger partial charge is 0.459 e. The van der Waals surface area contributed by atoms with Crippen LogP contribution >= 0.6 is 12.2 Å². The van der Waals surface area contributed by atoms with E-state index in [1.165, 1.54) is 12.3 Å². The number of anilines is 2. The quantitative estimate of drug-likeness (QED) is 0.526. The molecular formula is C20H13N3O4S. The van der Waals surface area contributed by atoms with Crippen LogP contribution < -0.4 is 15.5 Å². The van der Waals surface area contributed by atoms with Gasteiger partial charge >= 0.3 is 0 Å². The molecule has 7 nitrogen and oxygen atoms in total. The van der Waals surface area contributed by atoms with Crippen molar-refractivity contribution >= 4 is 46.4 Å². The molecule has 4 rings (SSSR count). The molecule has 0 bridgehead atoms. The van der Waals surface area contributed by atoms with Crippen LogP contribution in [0.5, 0.6) is 0 Å². The molecule has 2 aromatic carbocycles. The smallest absolute Gasteiger partial charge is 0.293 e. The van der Waals surface area contributed by atoms with Crippen LogP contribution in [-0.4, -0.2) is 22.8 Å². The van der Waals surface area contributed by atoms with Crippen LogP contribution in [-0.2, 0) is 0 Å². The number of benzene rings is 2. The van der Waals surface area contributed by atoms with Crippen molar-refractivity contribution in [2.75, 3.05) is 10.2 Å². The number of para-hydroxylation sites is 1. The van der Waals surface area contributed by atoms with Crippen molar-refractivity contribution in [3.8, 4) is 0 Å². The standard InChI is InChI=1S/C20H13N3O4S/c24-17(15-10-5-11-27-15)22-20(28)21-14-9-4-8-13-16(14)19(26)23(18(13)25)12-6-2-1-3-7-12/h1-11H,(H2,21,22,24,28). The zero-order valence-corrected chi connectivity index (χ0v) is 15.2. The summed E-state index contributed by atoms with van der Waals surface area (Å²) in [5.41, 5.74) is 1.28. The van der Waals surface area contributed by atoms with Gasteiger partial charge in [-0.1, -0.05) is 24.3 Å². The minimum Gasteiger partial charge on any atom is -0.459 e. The first-order chi connectivity index (χ1) is 13.6. The first-order valence-electron chi connectivity index (χ1n) is 8.29. The highest BCUT2D eigenvalue weighted by atomic mass is 32.1. The number of rotatable bonds is 3. The third-order valence-corrected chi connectivity index (χ3v) is 4.35. The summed E-state index contributed by atoms with van der Waals surface area (Å²) in [7, 11) is 0. The fourth-order valence-corrected chi connectivity index (χ4v) is 3.13. The summed E-state index contributed by atoms with van der Waals surface area (Å²) in [6.07, 6.45) is 1.37. The molecule has 0 radical (unpaired) electrons. The van der Waals surface area contributed by atoms with Crippen LogP contribution in [0.3, 0.4) is 0 Å². The lowest BCUT2D eigenvalue weighted by molar-refractivity contribution is 0.0922. The van der Waals surface area contributed by atoms with E-state index in [1.807, 2.05) is 0 Å². The number of hydrogen-bond acceptors (Lipinski definition) is 5. The maximum Gasteiger partial charge on any atom is 0.293 e. The summed E-state index contributed by atoms with van der Waals surface area (Å²) in [6, 6.07) is 16.6. The van der Waals surface area contributed by atoms with Crippen LogP contribution in [0.1, 0.15) is 31.3 Å². The predicted octanol–water partition coefficient (Wildman–Crippen LogP) is 3.21. The van der Waals surface area contributed by atoms with E-state index in [0.29, 0.717) is 11.4 Å². The van der Waals surface area contributed by atoms with Gasteiger partial charge in [0.25, 0.3) is 17.7 Å². The molecule has 0 aliphatic carbocycles. The first kappa shape index (κ1) is 17.6. The third-order valence-electron chi connectivity index (χ3n) is 4.15. The van der Waals surface area contributed by atoms with Gasteiger partial charge in [-0.2, -0.15) is 0 Å². The molecule has 0 saturated heterocycles. The van der Waals surface area contributed by atoms with Crippen LogP contribution in [0.15, 0.2) is 71.3 Å². The van der Waals surface area contributed by atoms with Gasteiger partial charge in [0.1, 0.15) is 0 Å². The van der Waals surface area contributed by atoms with Crippen molar-refractivity contribution in [2.45, 2.75) is 0 Å². The monoisotopic (exact) mass is 391 g/mol. The Hall–Kier alpha value is -3.78. The summed E-state index contributed by atoms with van der Waals surface area (Å²) in [4.78, 5) is 38.8. The lowest BCUT2D eigenvalue weighted by Crippen LogP contribution is -2.34. The molecule has 2 heterocycles. The minimum absolute atomic E-state index is 0.0202. The van der Waals surface area contributed by atoms with Gasteiger partial charge in [0.2, 0.25) is 0 Å². The van der Waals surface area contributed by atoms with Crippen LogP contribution in [0.2, 0.25) is 0 Å². The topological polar surface area (TPSA) is 91.7 Å². The van der Waals surface area contributed by atoms with Gasteiger partial charge in [0, 0.05) is 0 Å². The number of hydrogen-bond donors (Lipinski definition) is 2. The minimum atomic E-state index is -0.525. The van der Waals surface area contributed by atoms with E-state index in [9.17, 15) is 14.4 Å². The Morgan fingerprint density at radius 3 is 2.43 bits per heavy atom. The van der Waals surface area contributed by atoms with Crippen molar-refractivity contribution in [1.29, 1.82) is 0 Å². The Kier molecular flexibility index (Phi) is 4.46. The lowest BCUT2D eigenvalue weighted by Gasteiger charge is -2.14. The average Bonchev–Trinajstić information content (AvgIpc) is 3.31. The van der Waals surface area contributed by atoms with E-state index < -0.39 is 17.7 Å². The normalized spacial score (nSPS) is 12.6. The van der Waals surface area contributed by atoms with Crippen LogP contribution in [0, 0.1) is 0 Å². The van der Waals surface area contributed by atoms with Gasteiger partial charge in [0.05, 0.1) is 28.8 Å². The van der Waals surface area contributed by atoms with E-state index in [0.717, 1.165) is 4.90 Å². The fraction of sp³-hybridized carbons (Fsp3) is 0. The molecule has 0 fully saturated rings. The van der Waals surface area contributed by atoms with Gasteiger partial charge in [-0.3, -0.25) is 19.7 Å². The van der Waals surface area contributed by atoms with Crippen molar-refractivity contribution in [3.05, 3.63) is 83.8 Å². The van der Waals surface area contributed by atoms with Gasteiger partial charge in [-0.05, 0) is 48.6 Å². The summed E-state index contributed by atoms with van der Waals surface area (Å²) in [6.45, 7) is 0. The number of nitrogens with zero attached hydrogens (tertiary/aromatic N) is 1. The highest BCUT2D eigenvalue weighted by Gasteiger charge is 2.38. The predicted molar refractivity (Wildman–Crippen MR) is 106 cm³/mol. The number of furan rings is 1. The van der Waals surface area contributed by atoms with E-state index in [1.54, 1.807) is 54.6 Å². The molecule has 2 N–H and O–H groups in total. The summed E-state index contributed by atoms with van der Waals surface area (Å²) < 4.78 is 5.01. The van der Waals surface area contributed by atoms with E-state index in [-0.39, 0.29) is 22.0 Å². The molecule has 28 heavy (non-hydrogen) atoms. The van der Waals surface area contributed by atoms with Gasteiger partial charge < -0.3 is 9.73 Å². The molecule has 0 saturated carbocycles. The average molecular weight is 391 g/mol. The molecule has 0 spiro atoms. The second kappa shape index (κ2) is 7.09. The molecule has 0 unspecified atom stereocenters. The Labute approximate surface area is 164 Å². The highest BCUT2D eigenvalue weighted by molar-refractivity contribution is 7.80. The molecule has 0 atom stereocenters. The number of amides is 3. The van der Waals surface area contributed by atoms with Crippen molar-refractivity contribution in [2.24, 2.45) is 0 Å². The van der Waals surface area contributed by atoms with Crippen LogP contribution in [0.25, 0.3) is 0 Å². The number of carbonyl (C=O) groups is 3. The van der Waals surface area contributed by atoms with Crippen molar-refractivity contribution in [1.82, 2.24) is 5.32 Å². The van der Waals surface area contributed by atoms with E-state index in [4.69, 9.17) is 16.6 Å². The van der Waals surface area contributed by atoms with Gasteiger partial charge in [-0.25, -0.2) is 4.90 Å². The summed E-state index contributed by atoms with van der Waals surface area (Å²) >= 11 is 5.15. The zero-order valence-electron chi connectivity index (χ0n) is 14.3. The summed E-state index contributed by atoms with van der Waals surface area (Å²) in [5.74, 6) is -1.30. The molecule has 1 aliphatic rings. The highest BCUT2D eigenvalue weighted by Crippen LogP contribution is 2.32. The number of carbonyl (C=O) groups excluding carboxylic acids is 3. The van der Waals surface area contributed by atoms with Gasteiger partial charge in [0.15, 0.2) is 10.9 Å². The maximum absolute atomic E-state index is 12.9. The molecular weight excluding hydrogens is 378 g/mol. The number of fused-ring (bicyclic) bond motifs is 1. The maximum atomic E-state index is 12.9.